The van der Waals surface area contributed by atoms with Crippen molar-refractivity contribution in [2.75, 3.05) is 0 Å². The molecule has 1 aromatic carbocycles. The van der Waals surface area contributed by atoms with E-state index in [9.17, 15) is 0 Å². The van der Waals surface area contributed by atoms with Crippen molar-refractivity contribution in [1.82, 2.24) is 0 Å². The molecular weight excluding hydrogens is 162 g/mol. The van der Waals surface area contributed by atoms with Gasteiger partial charge in [0.15, 0.2) is 0 Å². The molecule has 2 nitrogen and oxygen atoms in total. The molecule has 0 aliphatic rings. The molecule has 0 atom stereocenters. The van der Waals surface area contributed by atoms with Crippen molar-refractivity contribution in [2.24, 2.45) is 0 Å². The summed E-state index contributed by atoms with van der Waals surface area (Å²) in [7, 11) is 0. The summed E-state index contributed by atoms with van der Waals surface area (Å²) in [6.45, 7) is 7.31. The van der Waals surface area contributed by atoms with E-state index >= 15 is 0 Å². The van der Waals surface area contributed by atoms with Crippen molar-refractivity contribution in [2.45, 2.75) is 13.8 Å². The van der Waals surface area contributed by atoms with E-state index in [1.165, 1.54) is 6.26 Å². The maximum absolute atomic E-state index is 8.70. The molecule has 0 spiro atoms. The lowest BCUT2D eigenvalue weighted by Crippen LogP contribution is -1.91. The highest BCUT2D eigenvalue weighted by atomic mass is 16.5. The average Bonchev–Trinajstić information content (AvgIpc) is 2.11. The summed E-state index contributed by atoms with van der Waals surface area (Å²) in [4.78, 5) is 0. The van der Waals surface area contributed by atoms with Crippen LogP contribution in [-0.2, 0) is 0 Å². The molecule has 0 aliphatic heterocycles. The minimum atomic E-state index is 0.659. The zero-order valence-corrected chi connectivity index (χ0v) is 7.79. The Labute approximate surface area is 78.1 Å². The molecular formula is C11H11NO. The Balaban J connectivity index is 3.24. The van der Waals surface area contributed by atoms with E-state index in [-0.39, 0.29) is 0 Å². The first-order valence-electron chi connectivity index (χ1n) is 3.98. The van der Waals surface area contributed by atoms with Gasteiger partial charge in [0.2, 0.25) is 0 Å². The quantitative estimate of drug-likeness (QED) is 0.644. The minimum Gasteiger partial charge on any atom is -0.465 e. The van der Waals surface area contributed by atoms with E-state index in [1.54, 1.807) is 12.1 Å². The van der Waals surface area contributed by atoms with Gasteiger partial charge < -0.3 is 4.74 Å². The summed E-state index contributed by atoms with van der Waals surface area (Å²) in [5.41, 5.74) is 2.57. The Morgan fingerprint density at radius 3 is 2.31 bits per heavy atom. The number of ether oxygens (including phenoxy) is 1. The Morgan fingerprint density at radius 2 is 1.92 bits per heavy atom. The first-order valence-corrected chi connectivity index (χ1v) is 3.98. The number of hydrogen-bond donors (Lipinski definition) is 0. The lowest BCUT2D eigenvalue weighted by atomic mass is 10.1. The van der Waals surface area contributed by atoms with Gasteiger partial charge in [0.05, 0.1) is 17.9 Å². The highest BCUT2D eigenvalue weighted by Gasteiger charge is 2.04. The van der Waals surface area contributed by atoms with Crippen molar-refractivity contribution in [3.63, 3.8) is 0 Å². The summed E-state index contributed by atoms with van der Waals surface area (Å²) < 4.78 is 5.22. The second kappa shape index (κ2) is 3.77. The van der Waals surface area contributed by atoms with E-state index < -0.39 is 0 Å². The van der Waals surface area contributed by atoms with Crippen LogP contribution in [0.1, 0.15) is 16.7 Å². The topological polar surface area (TPSA) is 33.0 Å². The van der Waals surface area contributed by atoms with E-state index in [1.807, 2.05) is 13.8 Å². The Bertz CT molecular complexity index is 351. The predicted molar refractivity (Wildman–Crippen MR) is 51.5 cm³/mol. The normalized spacial score (nSPS) is 9.00. The first kappa shape index (κ1) is 9.34. The maximum atomic E-state index is 8.70. The van der Waals surface area contributed by atoms with Crippen molar-refractivity contribution < 1.29 is 4.74 Å². The molecule has 0 unspecified atom stereocenters. The van der Waals surface area contributed by atoms with Crippen LogP contribution in [0.25, 0.3) is 0 Å². The van der Waals surface area contributed by atoms with Gasteiger partial charge in [-0.05, 0) is 37.1 Å². The van der Waals surface area contributed by atoms with Crippen molar-refractivity contribution in [3.8, 4) is 11.8 Å². The van der Waals surface area contributed by atoms with Gasteiger partial charge in [-0.25, -0.2) is 0 Å². The smallest absolute Gasteiger partial charge is 0.132 e. The fourth-order valence-corrected chi connectivity index (χ4v) is 1.28. The van der Waals surface area contributed by atoms with E-state index in [0.29, 0.717) is 5.56 Å². The van der Waals surface area contributed by atoms with Crippen LogP contribution in [-0.4, -0.2) is 0 Å². The van der Waals surface area contributed by atoms with Crippen LogP contribution in [0.15, 0.2) is 25.0 Å². The van der Waals surface area contributed by atoms with Crippen LogP contribution in [0, 0.1) is 25.2 Å². The number of aryl methyl sites for hydroxylation is 2. The van der Waals surface area contributed by atoms with E-state index in [0.717, 1.165) is 16.9 Å². The largest absolute Gasteiger partial charge is 0.465 e. The lowest BCUT2D eigenvalue weighted by molar-refractivity contribution is 0.475. The van der Waals surface area contributed by atoms with Crippen LogP contribution in [0.3, 0.4) is 0 Å². The molecule has 0 saturated heterocycles. The summed E-state index contributed by atoms with van der Waals surface area (Å²) in [6.07, 6.45) is 1.39. The van der Waals surface area contributed by atoms with Gasteiger partial charge in [0, 0.05) is 0 Å². The molecule has 1 rings (SSSR count). The summed E-state index contributed by atoms with van der Waals surface area (Å²) >= 11 is 0. The predicted octanol–water partition coefficient (Wildman–Crippen LogP) is 2.70. The first-order chi connectivity index (χ1) is 6.19. The van der Waals surface area contributed by atoms with Crippen LogP contribution >= 0.6 is 0 Å². The number of rotatable bonds is 2. The standard InChI is InChI=1S/C11H11NO/c1-4-13-11-8(2)5-10(7-12)6-9(11)3/h4-6H,1H2,2-3H3. The van der Waals surface area contributed by atoms with Gasteiger partial charge in [-0.1, -0.05) is 6.58 Å². The molecule has 0 saturated carbocycles. The van der Waals surface area contributed by atoms with Crippen LogP contribution in [0.4, 0.5) is 0 Å². The SMILES string of the molecule is C=COc1c(C)cc(C#N)cc1C. The molecule has 0 fully saturated rings. The molecule has 66 valence electrons. The highest BCUT2D eigenvalue weighted by molar-refractivity contribution is 5.47. The molecule has 0 radical (unpaired) electrons. The summed E-state index contributed by atoms with van der Waals surface area (Å²) in [5.74, 6) is 0.786. The number of hydrogen-bond acceptors (Lipinski definition) is 2. The second-order valence-corrected chi connectivity index (χ2v) is 2.84. The molecule has 0 N–H and O–H groups in total. The average molecular weight is 173 g/mol. The minimum absolute atomic E-state index is 0.659. The molecule has 0 aromatic heterocycles. The van der Waals surface area contributed by atoms with Gasteiger partial charge in [-0.15, -0.1) is 0 Å². The molecule has 0 aliphatic carbocycles. The number of nitrogens with zero attached hydrogens (tertiary/aromatic N) is 1. The molecule has 0 amide bonds. The third-order valence-electron chi connectivity index (χ3n) is 1.79. The molecule has 13 heavy (non-hydrogen) atoms. The van der Waals surface area contributed by atoms with Gasteiger partial charge in [-0.3, -0.25) is 0 Å². The van der Waals surface area contributed by atoms with E-state index in [4.69, 9.17) is 10.00 Å². The Morgan fingerprint density at radius 1 is 1.38 bits per heavy atom. The molecule has 0 bridgehead atoms. The number of nitriles is 1. The fraction of sp³-hybridized carbons (Fsp3) is 0.182. The third kappa shape index (κ3) is 1.88. The van der Waals surface area contributed by atoms with Crippen LogP contribution in [0.5, 0.6) is 5.75 Å². The maximum Gasteiger partial charge on any atom is 0.132 e. The molecule has 2 heteroatoms. The summed E-state index contributed by atoms with van der Waals surface area (Å²) in [5, 5.41) is 8.70. The van der Waals surface area contributed by atoms with Gasteiger partial charge in [0.1, 0.15) is 5.75 Å². The van der Waals surface area contributed by atoms with Gasteiger partial charge >= 0.3 is 0 Å². The van der Waals surface area contributed by atoms with Crippen molar-refractivity contribution >= 4 is 0 Å². The van der Waals surface area contributed by atoms with Gasteiger partial charge in [-0.2, -0.15) is 5.26 Å². The summed E-state index contributed by atoms with van der Waals surface area (Å²) in [6, 6.07) is 5.69. The Kier molecular flexibility index (Phi) is 2.71. The second-order valence-electron chi connectivity index (χ2n) is 2.84. The van der Waals surface area contributed by atoms with Crippen LogP contribution in [0.2, 0.25) is 0 Å². The van der Waals surface area contributed by atoms with Crippen molar-refractivity contribution in [1.29, 1.82) is 5.26 Å². The monoisotopic (exact) mass is 173 g/mol. The highest BCUT2D eigenvalue weighted by Crippen LogP contribution is 2.24. The zero-order chi connectivity index (χ0) is 9.84. The van der Waals surface area contributed by atoms with Crippen molar-refractivity contribution in [3.05, 3.63) is 41.7 Å². The Hall–Kier alpha value is -1.75. The lowest BCUT2D eigenvalue weighted by Gasteiger charge is -2.08. The van der Waals surface area contributed by atoms with Crippen LogP contribution < -0.4 is 4.74 Å². The molecule has 1 aromatic rings. The van der Waals surface area contributed by atoms with Gasteiger partial charge in [0.25, 0.3) is 0 Å². The zero-order valence-electron chi connectivity index (χ0n) is 7.79. The number of benzene rings is 1. The van der Waals surface area contributed by atoms with E-state index in [2.05, 4.69) is 12.6 Å². The fourth-order valence-electron chi connectivity index (χ4n) is 1.28. The molecule has 0 heterocycles. The third-order valence-corrected chi connectivity index (χ3v) is 1.79.